The minimum Gasteiger partial charge on any atom is -0.253 e. The van der Waals surface area contributed by atoms with Crippen LogP contribution in [0, 0.1) is 0 Å². The Morgan fingerprint density at radius 2 is 2.00 bits per heavy atom. The molecule has 0 aliphatic heterocycles. The van der Waals surface area contributed by atoms with Gasteiger partial charge >= 0.3 is 16.5 Å². The van der Waals surface area contributed by atoms with Crippen LogP contribution in [0.5, 0.6) is 0 Å². The summed E-state index contributed by atoms with van der Waals surface area (Å²) in [6.07, 6.45) is -4.43. The zero-order chi connectivity index (χ0) is 11.7. The van der Waals surface area contributed by atoms with Crippen LogP contribution in [0.4, 0.5) is 13.2 Å². The lowest BCUT2D eigenvalue weighted by Crippen LogP contribution is -2.15. The molecule has 0 bridgehead atoms. The fraction of sp³-hybridized carbons (Fsp3) is 0.333. The van der Waals surface area contributed by atoms with Crippen molar-refractivity contribution in [2.45, 2.75) is 12.8 Å². The predicted molar refractivity (Wildman–Crippen MR) is 47.2 cm³/mol. The third kappa shape index (κ3) is 4.16. The van der Waals surface area contributed by atoms with Crippen molar-refractivity contribution in [2.75, 3.05) is 0 Å². The van der Waals surface area contributed by atoms with Crippen LogP contribution in [0.1, 0.15) is 9.75 Å². The summed E-state index contributed by atoms with van der Waals surface area (Å²) in [7, 11) is -4.12. The fourth-order valence-electron chi connectivity index (χ4n) is 0.748. The van der Waals surface area contributed by atoms with Crippen LogP contribution in [0.3, 0.4) is 0 Å². The Kier molecular flexibility index (Phi) is 3.38. The Morgan fingerprint density at radius 1 is 1.40 bits per heavy atom. The Bertz CT molecular complexity index is 437. The van der Waals surface area contributed by atoms with Crippen molar-refractivity contribution in [1.82, 2.24) is 0 Å². The van der Waals surface area contributed by atoms with Crippen molar-refractivity contribution >= 4 is 21.6 Å². The average Bonchev–Trinajstić information content (AvgIpc) is 2.45. The van der Waals surface area contributed by atoms with Crippen LogP contribution in [0.15, 0.2) is 12.1 Å². The normalized spacial score (nSPS) is 13.1. The Hall–Kier alpha value is -0.640. The molecule has 9 heteroatoms. The van der Waals surface area contributed by atoms with Gasteiger partial charge in [0.15, 0.2) is 0 Å². The highest BCUT2D eigenvalue weighted by Gasteiger charge is 2.32. The van der Waals surface area contributed by atoms with E-state index in [0.717, 1.165) is 12.1 Å². The highest BCUT2D eigenvalue weighted by molar-refractivity contribution is 7.84. The fourth-order valence-corrected chi connectivity index (χ4v) is 1.90. The van der Waals surface area contributed by atoms with Gasteiger partial charge in [-0.15, -0.1) is 11.3 Å². The predicted octanol–water partition coefficient (Wildman–Crippen LogP) is 1.49. The van der Waals surface area contributed by atoms with E-state index in [0.29, 0.717) is 11.3 Å². The number of alkyl halides is 3. The SMILES string of the molecule is NS(=O)(=O)OCc1ccc(C(F)(F)F)s1. The van der Waals surface area contributed by atoms with Crippen LogP contribution in [0.2, 0.25) is 0 Å². The van der Waals surface area contributed by atoms with Gasteiger partial charge in [0.05, 0.1) is 0 Å². The van der Waals surface area contributed by atoms with Crippen LogP contribution in [0.25, 0.3) is 0 Å². The van der Waals surface area contributed by atoms with Crippen molar-refractivity contribution in [3.8, 4) is 0 Å². The molecule has 0 aliphatic carbocycles. The van der Waals surface area contributed by atoms with E-state index < -0.39 is 28.0 Å². The van der Waals surface area contributed by atoms with Crippen LogP contribution in [-0.2, 0) is 27.3 Å². The van der Waals surface area contributed by atoms with Gasteiger partial charge in [0.1, 0.15) is 11.5 Å². The molecule has 0 saturated heterocycles. The second-order valence-electron chi connectivity index (χ2n) is 2.52. The molecule has 1 rings (SSSR count). The van der Waals surface area contributed by atoms with Gasteiger partial charge < -0.3 is 0 Å². The minimum atomic E-state index is -4.43. The second kappa shape index (κ2) is 4.08. The van der Waals surface area contributed by atoms with Crippen LogP contribution in [-0.4, -0.2) is 8.42 Å². The molecule has 86 valence electrons. The molecule has 15 heavy (non-hydrogen) atoms. The van der Waals surface area contributed by atoms with E-state index in [4.69, 9.17) is 0 Å². The van der Waals surface area contributed by atoms with Gasteiger partial charge in [-0.1, -0.05) is 0 Å². The Morgan fingerprint density at radius 3 is 2.40 bits per heavy atom. The molecule has 0 aromatic carbocycles. The van der Waals surface area contributed by atoms with Gasteiger partial charge in [0.25, 0.3) is 0 Å². The smallest absolute Gasteiger partial charge is 0.253 e. The summed E-state index contributed by atoms with van der Waals surface area (Å²) < 4.78 is 61.1. The third-order valence-electron chi connectivity index (χ3n) is 1.31. The third-order valence-corrected chi connectivity index (χ3v) is 2.86. The summed E-state index contributed by atoms with van der Waals surface area (Å²) in [5, 5.41) is 4.51. The summed E-state index contributed by atoms with van der Waals surface area (Å²) in [6, 6.07) is 1.99. The Labute approximate surface area is 87.7 Å². The Balaban J connectivity index is 2.70. The highest BCUT2D eigenvalue weighted by Crippen LogP contribution is 2.34. The van der Waals surface area contributed by atoms with E-state index in [1.165, 1.54) is 0 Å². The van der Waals surface area contributed by atoms with Gasteiger partial charge in [0, 0.05) is 4.88 Å². The number of hydrogen-bond donors (Lipinski definition) is 1. The first-order valence-electron chi connectivity index (χ1n) is 3.51. The summed E-state index contributed by atoms with van der Waals surface area (Å²) in [5.41, 5.74) is 0. The zero-order valence-electron chi connectivity index (χ0n) is 7.11. The van der Waals surface area contributed by atoms with Crippen molar-refractivity contribution in [2.24, 2.45) is 5.14 Å². The number of halogens is 3. The molecule has 0 atom stereocenters. The standard InChI is InChI=1S/C6H6F3NO3S2/c7-6(8,9)5-2-1-4(14-5)3-13-15(10,11)12/h1-2H,3H2,(H2,10,11,12). The van der Waals surface area contributed by atoms with Gasteiger partial charge in [-0.25, -0.2) is 5.14 Å². The largest absolute Gasteiger partial charge is 0.425 e. The number of thiophene rings is 1. The molecule has 0 aliphatic rings. The maximum Gasteiger partial charge on any atom is 0.425 e. The first kappa shape index (κ1) is 12.4. The average molecular weight is 261 g/mol. The molecule has 0 spiro atoms. The summed E-state index contributed by atoms with van der Waals surface area (Å²) in [6.45, 7) is -0.487. The van der Waals surface area contributed by atoms with Gasteiger partial charge in [0.2, 0.25) is 0 Å². The molecule has 0 amide bonds. The van der Waals surface area contributed by atoms with E-state index >= 15 is 0 Å². The molecule has 1 aromatic heterocycles. The minimum absolute atomic E-state index is 0.136. The number of hydrogen-bond acceptors (Lipinski definition) is 4. The first-order chi connectivity index (χ1) is 6.68. The van der Waals surface area contributed by atoms with Crippen molar-refractivity contribution < 1.29 is 25.8 Å². The molecular weight excluding hydrogens is 255 g/mol. The van der Waals surface area contributed by atoms with Gasteiger partial charge in [-0.2, -0.15) is 21.6 Å². The molecule has 0 unspecified atom stereocenters. The topological polar surface area (TPSA) is 69.4 Å². The molecular formula is C6H6F3NO3S2. The second-order valence-corrected chi connectivity index (χ2v) is 4.91. The zero-order valence-corrected chi connectivity index (χ0v) is 8.75. The highest BCUT2D eigenvalue weighted by atomic mass is 32.2. The number of rotatable bonds is 3. The van der Waals surface area contributed by atoms with E-state index in [2.05, 4.69) is 9.32 Å². The summed E-state index contributed by atoms with van der Waals surface area (Å²) in [4.78, 5) is -0.674. The van der Waals surface area contributed by atoms with Crippen LogP contribution >= 0.6 is 11.3 Å². The van der Waals surface area contributed by atoms with Gasteiger partial charge in [-0.05, 0) is 12.1 Å². The molecule has 1 aromatic rings. The summed E-state index contributed by atoms with van der Waals surface area (Å²) >= 11 is 0.411. The van der Waals surface area contributed by atoms with E-state index in [1.54, 1.807) is 0 Å². The molecule has 0 saturated carbocycles. The number of nitrogens with two attached hydrogens (primary N) is 1. The summed E-state index contributed by atoms with van der Waals surface area (Å²) in [5.74, 6) is 0. The lowest BCUT2D eigenvalue weighted by atomic mass is 10.4. The molecule has 0 radical (unpaired) electrons. The van der Waals surface area contributed by atoms with Gasteiger partial charge in [-0.3, -0.25) is 4.18 Å². The van der Waals surface area contributed by atoms with E-state index in [1.807, 2.05) is 0 Å². The van der Waals surface area contributed by atoms with Crippen LogP contribution < -0.4 is 5.14 Å². The van der Waals surface area contributed by atoms with Crippen molar-refractivity contribution in [3.05, 3.63) is 21.9 Å². The molecule has 1 heterocycles. The first-order valence-corrected chi connectivity index (χ1v) is 5.80. The van der Waals surface area contributed by atoms with Crippen molar-refractivity contribution in [3.63, 3.8) is 0 Å². The van der Waals surface area contributed by atoms with Crippen molar-refractivity contribution in [1.29, 1.82) is 0 Å². The molecule has 2 N–H and O–H groups in total. The molecule has 4 nitrogen and oxygen atoms in total. The van der Waals surface area contributed by atoms with E-state index in [-0.39, 0.29) is 4.88 Å². The maximum atomic E-state index is 12.1. The molecule has 0 fully saturated rings. The maximum absolute atomic E-state index is 12.1. The lowest BCUT2D eigenvalue weighted by molar-refractivity contribution is -0.134. The lowest BCUT2D eigenvalue weighted by Gasteiger charge is -2.01. The quantitative estimate of drug-likeness (QED) is 0.896. The van der Waals surface area contributed by atoms with E-state index in [9.17, 15) is 21.6 Å². The monoisotopic (exact) mass is 261 g/mol.